The van der Waals surface area contributed by atoms with E-state index in [2.05, 4.69) is 0 Å². The second-order valence-electron chi connectivity index (χ2n) is 9.44. The van der Waals surface area contributed by atoms with Crippen LogP contribution in [0.25, 0.3) is 5.69 Å². The van der Waals surface area contributed by atoms with Gasteiger partial charge < -0.3 is 9.47 Å². The number of rotatable bonds is 6. The normalized spacial score (nSPS) is 11.8. The first-order valence-electron chi connectivity index (χ1n) is 11.7. The highest BCUT2D eigenvalue weighted by Gasteiger charge is 2.33. The van der Waals surface area contributed by atoms with Gasteiger partial charge in [0.2, 0.25) is 0 Å². The second-order valence-corrected chi connectivity index (χ2v) is 9.44. The van der Waals surface area contributed by atoms with Gasteiger partial charge >= 0.3 is 23.8 Å². The first-order valence-corrected chi connectivity index (χ1v) is 11.7. The largest absolute Gasteiger partial charge is 0.462 e. The second kappa shape index (κ2) is 10.7. The molecule has 0 atom stereocenters. The van der Waals surface area contributed by atoms with Crippen molar-refractivity contribution in [1.82, 2.24) is 9.13 Å². The summed E-state index contributed by atoms with van der Waals surface area (Å²) in [6, 6.07) is 9.10. The lowest BCUT2D eigenvalue weighted by atomic mass is 10.0. The summed E-state index contributed by atoms with van der Waals surface area (Å²) in [5, 5.41) is 0. The van der Waals surface area contributed by atoms with Crippen LogP contribution in [0, 0.1) is 6.92 Å². The molecule has 202 valence electrons. The van der Waals surface area contributed by atoms with Crippen LogP contribution in [0.3, 0.4) is 0 Å². The number of hydrogen-bond donors (Lipinski definition) is 0. The Morgan fingerprint density at radius 2 is 1.58 bits per heavy atom. The molecule has 38 heavy (non-hydrogen) atoms. The van der Waals surface area contributed by atoms with Gasteiger partial charge in [0.1, 0.15) is 11.2 Å². The zero-order chi connectivity index (χ0) is 28.4. The Balaban J connectivity index is 2.15. The summed E-state index contributed by atoms with van der Waals surface area (Å²) in [4.78, 5) is 51.4. The van der Waals surface area contributed by atoms with Crippen molar-refractivity contribution in [3.8, 4) is 5.69 Å². The van der Waals surface area contributed by atoms with E-state index in [0.717, 1.165) is 16.8 Å². The first-order chi connectivity index (χ1) is 17.6. The topological polar surface area (TPSA) is 96.6 Å². The van der Waals surface area contributed by atoms with Crippen molar-refractivity contribution in [2.24, 2.45) is 0 Å². The smallest absolute Gasteiger partial charge is 0.416 e. The lowest BCUT2D eigenvalue weighted by Gasteiger charge is -2.19. The Kier molecular flexibility index (Phi) is 7.99. The summed E-state index contributed by atoms with van der Waals surface area (Å²) in [5.41, 5.74) is -3.68. The van der Waals surface area contributed by atoms with Gasteiger partial charge in [0.15, 0.2) is 0 Å². The summed E-state index contributed by atoms with van der Waals surface area (Å²) in [6.45, 7) is 7.35. The van der Waals surface area contributed by atoms with Crippen molar-refractivity contribution in [2.75, 3.05) is 6.61 Å². The number of aromatic nitrogens is 2. The molecule has 0 N–H and O–H groups in total. The van der Waals surface area contributed by atoms with Crippen molar-refractivity contribution >= 4 is 11.9 Å². The fourth-order valence-corrected chi connectivity index (χ4v) is 3.70. The molecule has 0 radical (unpaired) electrons. The minimum atomic E-state index is -4.63. The van der Waals surface area contributed by atoms with Crippen LogP contribution in [0.1, 0.15) is 65.1 Å². The van der Waals surface area contributed by atoms with Crippen LogP contribution < -0.4 is 11.2 Å². The molecule has 0 spiro atoms. The lowest BCUT2D eigenvalue weighted by molar-refractivity contribution is -0.138. The molecule has 0 amide bonds. The maximum Gasteiger partial charge on any atom is 0.416 e. The molecule has 0 bridgehead atoms. The van der Waals surface area contributed by atoms with Gasteiger partial charge in [-0.25, -0.2) is 14.4 Å². The van der Waals surface area contributed by atoms with Crippen LogP contribution in [0.15, 0.2) is 58.3 Å². The third kappa shape index (κ3) is 6.21. The molecule has 3 aromatic rings. The zero-order valence-electron chi connectivity index (χ0n) is 21.5. The quantitative estimate of drug-likeness (QED) is 0.434. The van der Waals surface area contributed by atoms with Gasteiger partial charge in [0, 0.05) is 6.20 Å². The van der Waals surface area contributed by atoms with Crippen LogP contribution >= 0.6 is 0 Å². The van der Waals surface area contributed by atoms with Gasteiger partial charge in [-0.1, -0.05) is 12.1 Å². The monoisotopic (exact) mass is 532 g/mol. The van der Waals surface area contributed by atoms with Gasteiger partial charge in [-0.2, -0.15) is 13.2 Å². The number of halogens is 3. The minimum Gasteiger partial charge on any atom is -0.462 e. The standard InChI is InChI=1S/C27H27F3N2O6/c1-6-37-24(35)20-15-31(19-12-10-17(11-13-19)23(34)38-26(3,4)5)25(36)32(22(20)33)14-18-8-7-9-21(16(18)2)27(28,29)30/h7-13,15H,6,14H2,1-5H3. The molecule has 11 heteroatoms. The molecule has 0 aliphatic carbocycles. The van der Waals surface area contributed by atoms with E-state index in [-0.39, 0.29) is 29.0 Å². The molecule has 0 fully saturated rings. The number of ether oxygens (including phenoxy) is 2. The number of benzene rings is 2. The first kappa shape index (κ1) is 28.4. The molecule has 0 saturated heterocycles. The fraction of sp³-hybridized carbons (Fsp3) is 0.333. The van der Waals surface area contributed by atoms with Crippen LogP contribution in [0.2, 0.25) is 0 Å². The molecule has 0 aliphatic heterocycles. The third-order valence-electron chi connectivity index (χ3n) is 5.53. The minimum absolute atomic E-state index is 0.0469. The Labute approximate surface area is 216 Å². The Morgan fingerprint density at radius 3 is 2.13 bits per heavy atom. The van der Waals surface area contributed by atoms with Crippen molar-refractivity contribution < 1.29 is 32.2 Å². The molecule has 1 aromatic heterocycles. The van der Waals surface area contributed by atoms with Crippen molar-refractivity contribution in [3.05, 3.63) is 97.3 Å². The van der Waals surface area contributed by atoms with E-state index in [1.54, 1.807) is 20.8 Å². The predicted molar refractivity (Wildman–Crippen MR) is 133 cm³/mol. The zero-order valence-corrected chi connectivity index (χ0v) is 21.5. The van der Waals surface area contributed by atoms with Crippen molar-refractivity contribution in [3.63, 3.8) is 0 Å². The molecule has 1 heterocycles. The molecule has 2 aromatic carbocycles. The van der Waals surface area contributed by atoms with E-state index in [0.29, 0.717) is 4.57 Å². The van der Waals surface area contributed by atoms with Gasteiger partial charge in [0.25, 0.3) is 5.56 Å². The van der Waals surface area contributed by atoms with E-state index in [1.807, 2.05) is 0 Å². The van der Waals surface area contributed by atoms with E-state index in [4.69, 9.17) is 9.47 Å². The van der Waals surface area contributed by atoms with E-state index in [1.165, 1.54) is 50.2 Å². The number of esters is 2. The van der Waals surface area contributed by atoms with E-state index in [9.17, 15) is 32.3 Å². The Hall–Kier alpha value is -4.15. The predicted octanol–water partition coefficient (Wildman–Crippen LogP) is 4.51. The Bertz CT molecular complexity index is 1480. The molecular formula is C27H27F3N2O6. The van der Waals surface area contributed by atoms with Crippen molar-refractivity contribution in [2.45, 2.75) is 52.9 Å². The van der Waals surface area contributed by atoms with Gasteiger partial charge in [-0.15, -0.1) is 0 Å². The molecule has 0 saturated carbocycles. The number of nitrogens with zero attached hydrogens (tertiary/aromatic N) is 2. The van der Waals surface area contributed by atoms with E-state index < -0.39 is 52.6 Å². The summed E-state index contributed by atoms with van der Waals surface area (Å²) < 4.78 is 52.2. The number of carbonyl (C=O) groups excluding carboxylic acids is 2. The van der Waals surface area contributed by atoms with Crippen molar-refractivity contribution in [1.29, 1.82) is 0 Å². The molecule has 0 aliphatic rings. The number of hydrogen-bond acceptors (Lipinski definition) is 6. The van der Waals surface area contributed by atoms with Gasteiger partial charge in [-0.05, 0) is 76.1 Å². The summed E-state index contributed by atoms with van der Waals surface area (Å²) in [5.74, 6) is -1.58. The van der Waals surface area contributed by atoms with Crippen LogP contribution in [-0.4, -0.2) is 33.3 Å². The molecular weight excluding hydrogens is 505 g/mol. The molecule has 0 unspecified atom stereocenters. The number of carbonyl (C=O) groups is 2. The number of alkyl halides is 3. The maximum absolute atomic E-state index is 13.4. The summed E-state index contributed by atoms with van der Waals surface area (Å²) in [6.07, 6.45) is -3.62. The van der Waals surface area contributed by atoms with Gasteiger partial charge in [-0.3, -0.25) is 13.9 Å². The maximum atomic E-state index is 13.4. The highest BCUT2D eigenvalue weighted by atomic mass is 19.4. The third-order valence-corrected chi connectivity index (χ3v) is 5.53. The average Bonchev–Trinajstić information content (AvgIpc) is 2.81. The van der Waals surface area contributed by atoms with E-state index >= 15 is 0 Å². The SMILES string of the molecule is CCOC(=O)c1cn(-c2ccc(C(=O)OC(C)(C)C)cc2)c(=O)n(Cc2cccc(C(F)(F)F)c2C)c1=O. The highest BCUT2D eigenvalue weighted by molar-refractivity contribution is 5.90. The fourth-order valence-electron chi connectivity index (χ4n) is 3.70. The molecule has 8 nitrogen and oxygen atoms in total. The lowest BCUT2D eigenvalue weighted by Crippen LogP contribution is -2.42. The average molecular weight is 533 g/mol. The highest BCUT2D eigenvalue weighted by Crippen LogP contribution is 2.33. The van der Waals surface area contributed by atoms with Crippen LogP contribution in [0.4, 0.5) is 13.2 Å². The van der Waals surface area contributed by atoms with Crippen LogP contribution in [-0.2, 0) is 22.2 Å². The Morgan fingerprint density at radius 1 is 0.947 bits per heavy atom. The van der Waals surface area contributed by atoms with Gasteiger partial charge in [0.05, 0.1) is 30.0 Å². The summed E-state index contributed by atoms with van der Waals surface area (Å²) >= 11 is 0. The van der Waals surface area contributed by atoms with Crippen LogP contribution in [0.5, 0.6) is 0 Å². The summed E-state index contributed by atoms with van der Waals surface area (Å²) in [7, 11) is 0. The molecule has 3 rings (SSSR count).